The molecule has 0 radical (unpaired) electrons. The Bertz CT molecular complexity index is 1220. The minimum atomic E-state index is -0.398. The molecule has 7 nitrogen and oxygen atoms in total. The predicted molar refractivity (Wildman–Crippen MR) is 126 cm³/mol. The monoisotopic (exact) mass is 502 g/mol. The van der Waals surface area contributed by atoms with E-state index in [1.165, 1.54) is 22.0 Å². The van der Waals surface area contributed by atoms with Gasteiger partial charge in [0.25, 0.3) is 11.5 Å². The van der Waals surface area contributed by atoms with Crippen LogP contribution in [0.1, 0.15) is 36.3 Å². The zero-order valence-corrected chi connectivity index (χ0v) is 19.8. The van der Waals surface area contributed by atoms with Gasteiger partial charge in [0.05, 0.1) is 24.5 Å². The summed E-state index contributed by atoms with van der Waals surface area (Å²) in [5, 5.41) is 4.69. The third kappa shape index (κ3) is 4.72. The first kappa shape index (κ1) is 21.7. The number of thiophene rings is 1. The van der Waals surface area contributed by atoms with Crippen molar-refractivity contribution in [2.75, 3.05) is 6.61 Å². The molecular formula is C22H23BrN4O3S. The Morgan fingerprint density at radius 3 is 3.13 bits per heavy atom. The summed E-state index contributed by atoms with van der Waals surface area (Å²) in [6, 6.07) is 5.56. The number of hydrogen-bond acceptors (Lipinski definition) is 6. The number of nitrogens with one attached hydrogen (secondary N) is 1. The molecule has 31 heavy (non-hydrogen) atoms. The van der Waals surface area contributed by atoms with Gasteiger partial charge in [-0.1, -0.05) is 22.9 Å². The number of hydrogen-bond donors (Lipinski definition) is 1. The zero-order valence-electron chi connectivity index (χ0n) is 17.4. The van der Waals surface area contributed by atoms with E-state index in [-0.39, 0.29) is 12.1 Å². The van der Waals surface area contributed by atoms with Crippen LogP contribution in [0.3, 0.4) is 0 Å². The van der Waals surface area contributed by atoms with Crippen molar-refractivity contribution < 1.29 is 9.53 Å². The number of aromatic nitrogens is 2. The molecule has 3 aromatic rings. The van der Waals surface area contributed by atoms with Crippen molar-refractivity contribution in [2.45, 2.75) is 39.7 Å². The third-order valence-corrected chi connectivity index (χ3v) is 6.92. The lowest BCUT2D eigenvalue weighted by Crippen LogP contribution is -2.30. The predicted octanol–water partition coefficient (Wildman–Crippen LogP) is 3.89. The van der Waals surface area contributed by atoms with Crippen LogP contribution < -0.4 is 15.7 Å². The van der Waals surface area contributed by atoms with Crippen LogP contribution in [0.5, 0.6) is 5.75 Å². The number of benzene rings is 1. The first-order valence-electron chi connectivity index (χ1n) is 10.2. The molecular weight excluding hydrogens is 480 g/mol. The summed E-state index contributed by atoms with van der Waals surface area (Å²) >= 11 is 5.02. The third-order valence-electron chi connectivity index (χ3n) is 5.26. The molecule has 2 aromatic heterocycles. The normalized spacial score (nSPS) is 15.9. The fourth-order valence-electron chi connectivity index (χ4n) is 3.75. The number of hydrazone groups is 1. The maximum Gasteiger partial charge on any atom is 0.262 e. The van der Waals surface area contributed by atoms with Crippen molar-refractivity contribution in [3.8, 4) is 5.75 Å². The van der Waals surface area contributed by atoms with Crippen LogP contribution in [0.25, 0.3) is 10.2 Å². The van der Waals surface area contributed by atoms with Gasteiger partial charge in [-0.3, -0.25) is 14.2 Å². The van der Waals surface area contributed by atoms with Crippen molar-refractivity contribution in [1.82, 2.24) is 15.0 Å². The van der Waals surface area contributed by atoms with Crippen molar-refractivity contribution in [3.63, 3.8) is 0 Å². The van der Waals surface area contributed by atoms with Crippen LogP contribution in [-0.2, 0) is 24.2 Å². The van der Waals surface area contributed by atoms with Gasteiger partial charge in [0.2, 0.25) is 0 Å². The zero-order chi connectivity index (χ0) is 22.0. The molecule has 1 atom stereocenters. The van der Waals surface area contributed by atoms with Gasteiger partial charge >= 0.3 is 0 Å². The SMILES string of the molecule is CCOc1ccc(Br)cc1C=NNC(=O)Cn1cnc2sc3c(c2c1=O)CCC(C)C3. The molecule has 0 saturated carbocycles. The summed E-state index contributed by atoms with van der Waals surface area (Å²) < 4.78 is 7.80. The second-order valence-electron chi connectivity index (χ2n) is 7.62. The minimum Gasteiger partial charge on any atom is -0.493 e. The number of carbonyl (C=O) groups excluding carboxylic acids is 1. The minimum absolute atomic E-state index is 0.142. The first-order valence-corrected chi connectivity index (χ1v) is 11.8. The average molecular weight is 503 g/mol. The van der Waals surface area contributed by atoms with E-state index in [2.05, 4.69) is 38.4 Å². The van der Waals surface area contributed by atoms with Gasteiger partial charge in [0, 0.05) is 14.9 Å². The lowest BCUT2D eigenvalue weighted by molar-refractivity contribution is -0.121. The van der Waals surface area contributed by atoms with Crippen LogP contribution in [0.4, 0.5) is 0 Å². The van der Waals surface area contributed by atoms with Crippen LogP contribution >= 0.6 is 27.3 Å². The average Bonchev–Trinajstić information content (AvgIpc) is 3.10. The van der Waals surface area contributed by atoms with E-state index in [1.807, 2.05) is 25.1 Å². The summed E-state index contributed by atoms with van der Waals surface area (Å²) in [6.45, 7) is 4.52. The van der Waals surface area contributed by atoms with Gasteiger partial charge in [-0.15, -0.1) is 11.3 Å². The Hall–Kier alpha value is -2.52. The van der Waals surface area contributed by atoms with Crippen molar-refractivity contribution in [3.05, 3.63) is 55.4 Å². The van der Waals surface area contributed by atoms with E-state index < -0.39 is 5.91 Å². The molecule has 2 heterocycles. The molecule has 1 aliphatic carbocycles. The van der Waals surface area contributed by atoms with Gasteiger partial charge in [-0.25, -0.2) is 10.4 Å². The molecule has 1 unspecified atom stereocenters. The number of rotatable bonds is 6. The molecule has 1 amide bonds. The van der Waals surface area contributed by atoms with E-state index in [4.69, 9.17) is 4.74 Å². The van der Waals surface area contributed by atoms with Crippen LogP contribution in [0, 0.1) is 5.92 Å². The van der Waals surface area contributed by atoms with E-state index in [0.717, 1.165) is 39.7 Å². The molecule has 1 aromatic carbocycles. The molecule has 162 valence electrons. The number of ether oxygens (including phenoxy) is 1. The molecule has 1 N–H and O–H groups in total. The highest BCUT2D eigenvalue weighted by Gasteiger charge is 2.23. The van der Waals surface area contributed by atoms with Gasteiger partial charge < -0.3 is 4.74 Å². The number of amides is 1. The highest BCUT2D eigenvalue weighted by Crippen LogP contribution is 2.35. The maximum atomic E-state index is 13.0. The number of fused-ring (bicyclic) bond motifs is 3. The smallest absolute Gasteiger partial charge is 0.262 e. The Morgan fingerprint density at radius 2 is 2.32 bits per heavy atom. The second-order valence-corrected chi connectivity index (χ2v) is 9.62. The van der Waals surface area contributed by atoms with E-state index in [1.54, 1.807) is 11.3 Å². The summed E-state index contributed by atoms with van der Waals surface area (Å²) in [6.07, 6.45) is 5.92. The number of nitrogens with zero attached hydrogens (tertiary/aromatic N) is 3. The lowest BCUT2D eigenvalue weighted by Gasteiger charge is -2.17. The molecule has 0 aliphatic heterocycles. The standard InChI is InChI=1S/C22H23BrN4O3S/c1-3-30-17-7-5-15(23)9-14(17)10-25-26-19(28)11-27-12-24-21-20(22(27)29)16-6-4-13(2)8-18(16)31-21/h5,7,9-10,12-13H,3-4,6,8,11H2,1-2H3,(H,26,28). The summed E-state index contributed by atoms with van der Waals surface area (Å²) in [4.78, 5) is 31.9. The second kappa shape index (κ2) is 9.32. The van der Waals surface area contributed by atoms with Crippen molar-refractivity contribution in [2.24, 2.45) is 11.0 Å². The quantitative estimate of drug-likeness (QED) is 0.409. The van der Waals surface area contributed by atoms with Crippen LogP contribution in [-0.4, -0.2) is 28.3 Å². The van der Waals surface area contributed by atoms with E-state index in [0.29, 0.717) is 23.7 Å². The Balaban J connectivity index is 1.49. The van der Waals surface area contributed by atoms with Crippen molar-refractivity contribution in [1.29, 1.82) is 0 Å². The summed E-state index contributed by atoms with van der Waals surface area (Å²) in [5.74, 6) is 0.899. The molecule has 4 rings (SSSR count). The Kier molecular flexibility index (Phi) is 6.52. The summed E-state index contributed by atoms with van der Waals surface area (Å²) in [7, 11) is 0. The Morgan fingerprint density at radius 1 is 1.48 bits per heavy atom. The van der Waals surface area contributed by atoms with Gasteiger partial charge in [-0.05, 0) is 55.9 Å². The highest BCUT2D eigenvalue weighted by molar-refractivity contribution is 9.10. The van der Waals surface area contributed by atoms with Gasteiger partial charge in [0.1, 0.15) is 17.1 Å². The summed E-state index contributed by atoms with van der Waals surface area (Å²) in [5.41, 5.74) is 4.16. The number of carbonyl (C=O) groups is 1. The van der Waals surface area contributed by atoms with Crippen molar-refractivity contribution >= 4 is 49.6 Å². The fraction of sp³-hybridized carbons (Fsp3) is 0.364. The van der Waals surface area contributed by atoms with Crippen LogP contribution in [0.15, 0.2) is 38.9 Å². The van der Waals surface area contributed by atoms with E-state index >= 15 is 0 Å². The molecule has 9 heteroatoms. The molecule has 0 bridgehead atoms. The molecule has 0 spiro atoms. The number of halogens is 1. The topological polar surface area (TPSA) is 85.6 Å². The lowest BCUT2D eigenvalue weighted by atomic mass is 9.89. The fourth-order valence-corrected chi connectivity index (χ4v) is 5.47. The largest absolute Gasteiger partial charge is 0.493 e. The first-order chi connectivity index (χ1) is 15.0. The van der Waals surface area contributed by atoms with Gasteiger partial charge in [0.15, 0.2) is 0 Å². The van der Waals surface area contributed by atoms with Crippen LogP contribution in [0.2, 0.25) is 0 Å². The number of aryl methyl sites for hydroxylation is 1. The maximum absolute atomic E-state index is 13.0. The highest BCUT2D eigenvalue weighted by atomic mass is 79.9. The van der Waals surface area contributed by atoms with E-state index in [9.17, 15) is 9.59 Å². The molecule has 1 aliphatic rings. The molecule has 0 fully saturated rings. The Labute approximate surface area is 192 Å². The molecule has 0 saturated heterocycles. The van der Waals surface area contributed by atoms with Gasteiger partial charge in [-0.2, -0.15) is 5.10 Å².